The monoisotopic (exact) mass is 167 g/mol. The lowest BCUT2D eigenvalue weighted by molar-refractivity contribution is 0.189. The van der Waals surface area contributed by atoms with E-state index in [2.05, 4.69) is 24.4 Å². The lowest BCUT2D eigenvalue weighted by Crippen LogP contribution is -2.34. The smallest absolute Gasteiger partial charge is 0.0587 e. The Morgan fingerprint density at radius 2 is 2.42 bits per heavy atom. The molecule has 0 spiro atoms. The lowest BCUT2D eigenvalue weighted by Gasteiger charge is -2.29. The number of rotatable bonds is 1. The Bertz CT molecular complexity index is 190. The summed E-state index contributed by atoms with van der Waals surface area (Å²) in [6.45, 7) is 3.63. The third-order valence-electron chi connectivity index (χ3n) is 3.33. The van der Waals surface area contributed by atoms with Crippen LogP contribution in [0.4, 0.5) is 0 Å². The summed E-state index contributed by atoms with van der Waals surface area (Å²) in [4.78, 5) is 0. The maximum absolute atomic E-state index is 9.14. The van der Waals surface area contributed by atoms with Gasteiger partial charge in [-0.2, -0.15) is 0 Å². The Kier molecular flexibility index (Phi) is 2.20. The first-order valence-electron chi connectivity index (χ1n) is 4.84. The third-order valence-corrected chi connectivity index (χ3v) is 3.33. The van der Waals surface area contributed by atoms with Gasteiger partial charge in [-0.05, 0) is 30.7 Å². The summed E-state index contributed by atoms with van der Waals surface area (Å²) in [6.07, 6.45) is 5.77. The highest BCUT2D eigenvalue weighted by molar-refractivity contribution is 5.05. The molecule has 0 saturated carbocycles. The van der Waals surface area contributed by atoms with E-state index in [0.29, 0.717) is 24.5 Å². The minimum atomic E-state index is 0.291. The second kappa shape index (κ2) is 3.19. The molecule has 1 fully saturated rings. The second-order valence-corrected chi connectivity index (χ2v) is 4.06. The van der Waals surface area contributed by atoms with Gasteiger partial charge >= 0.3 is 0 Å². The van der Waals surface area contributed by atoms with E-state index in [1.165, 1.54) is 6.42 Å². The van der Waals surface area contributed by atoms with E-state index in [1.54, 1.807) is 0 Å². The normalized spacial score (nSPS) is 46.2. The molecule has 1 aliphatic carbocycles. The van der Waals surface area contributed by atoms with Crippen molar-refractivity contribution in [2.24, 2.45) is 17.8 Å². The molecule has 1 aliphatic heterocycles. The van der Waals surface area contributed by atoms with Crippen LogP contribution in [0.15, 0.2) is 12.2 Å². The van der Waals surface area contributed by atoms with Gasteiger partial charge in [0.25, 0.3) is 0 Å². The minimum absolute atomic E-state index is 0.291. The van der Waals surface area contributed by atoms with Gasteiger partial charge in [-0.25, -0.2) is 0 Å². The molecule has 2 nitrogen and oxygen atoms in total. The van der Waals surface area contributed by atoms with E-state index >= 15 is 0 Å². The molecule has 0 aromatic heterocycles. The Morgan fingerprint density at radius 3 is 3.17 bits per heavy atom. The maximum atomic E-state index is 9.14. The van der Waals surface area contributed by atoms with Gasteiger partial charge < -0.3 is 10.4 Å². The lowest BCUT2D eigenvalue weighted by atomic mass is 9.76. The number of fused-ring (bicyclic) bond motifs is 1. The molecule has 12 heavy (non-hydrogen) atoms. The molecule has 2 N–H and O–H groups in total. The number of hydrogen-bond acceptors (Lipinski definition) is 2. The molecule has 0 amide bonds. The highest BCUT2D eigenvalue weighted by atomic mass is 16.3. The third kappa shape index (κ3) is 1.19. The molecule has 68 valence electrons. The highest BCUT2D eigenvalue weighted by Gasteiger charge is 2.38. The van der Waals surface area contributed by atoms with Crippen LogP contribution in [-0.2, 0) is 0 Å². The maximum Gasteiger partial charge on any atom is 0.0587 e. The molecule has 0 aromatic rings. The predicted octanol–water partition coefficient (Wildman–Crippen LogP) is 0.779. The van der Waals surface area contributed by atoms with Crippen LogP contribution in [-0.4, -0.2) is 24.3 Å². The predicted molar refractivity (Wildman–Crippen MR) is 48.8 cm³/mol. The zero-order chi connectivity index (χ0) is 8.55. The van der Waals surface area contributed by atoms with Crippen LogP contribution < -0.4 is 5.32 Å². The summed E-state index contributed by atoms with van der Waals surface area (Å²) in [5, 5.41) is 12.5. The number of aliphatic hydroxyl groups is 1. The SMILES string of the molecule is CC1C=CC[C@H]2CN[C@H](CO)[C@@H]12. The standard InChI is InChI=1S/C10H17NO/c1-7-3-2-4-8-5-11-9(6-12)10(7)8/h2-3,7-12H,4-6H2,1H3/t7?,8-,9+,10-/m0/s1. The van der Waals surface area contributed by atoms with Crippen LogP contribution in [0.1, 0.15) is 13.3 Å². The van der Waals surface area contributed by atoms with Crippen molar-refractivity contribution >= 4 is 0 Å². The van der Waals surface area contributed by atoms with E-state index in [-0.39, 0.29) is 0 Å². The van der Waals surface area contributed by atoms with Gasteiger partial charge in [0.2, 0.25) is 0 Å². The van der Waals surface area contributed by atoms with Gasteiger partial charge in [0.1, 0.15) is 0 Å². The van der Waals surface area contributed by atoms with Crippen LogP contribution in [0.3, 0.4) is 0 Å². The molecule has 0 aromatic carbocycles. The fraction of sp³-hybridized carbons (Fsp3) is 0.800. The van der Waals surface area contributed by atoms with Crippen molar-refractivity contribution < 1.29 is 5.11 Å². The number of aliphatic hydroxyl groups excluding tert-OH is 1. The Morgan fingerprint density at radius 1 is 1.58 bits per heavy atom. The number of allylic oxidation sites excluding steroid dienone is 2. The zero-order valence-corrected chi connectivity index (χ0v) is 7.53. The van der Waals surface area contributed by atoms with Gasteiger partial charge in [-0.1, -0.05) is 19.1 Å². The second-order valence-electron chi connectivity index (χ2n) is 4.06. The van der Waals surface area contributed by atoms with Gasteiger partial charge in [-0.15, -0.1) is 0 Å². The molecular weight excluding hydrogens is 150 g/mol. The number of nitrogens with one attached hydrogen (secondary N) is 1. The summed E-state index contributed by atoms with van der Waals surface area (Å²) in [5.74, 6) is 2.07. The summed E-state index contributed by atoms with van der Waals surface area (Å²) < 4.78 is 0. The quantitative estimate of drug-likeness (QED) is 0.566. The fourth-order valence-electron chi connectivity index (χ4n) is 2.72. The molecule has 4 atom stereocenters. The van der Waals surface area contributed by atoms with Crippen molar-refractivity contribution in [3.05, 3.63) is 12.2 Å². The van der Waals surface area contributed by atoms with Crippen molar-refractivity contribution in [2.75, 3.05) is 13.2 Å². The Balaban J connectivity index is 2.13. The van der Waals surface area contributed by atoms with Crippen molar-refractivity contribution in [3.63, 3.8) is 0 Å². The van der Waals surface area contributed by atoms with Gasteiger partial charge in [0.05, 0.1) is 6.61 Å². The van der Waals surface area contributed by atoms with Gasteiger partial charge in [0.15, 0.2) is 0 Å². The molecule has 2 aliphatic rings. The Hall–Kier alpha value is -0.340. The molecular formula is C10H17NO. The summed E-state index contributed by atoms with van der Waals surface area (Å²) in [5.41, 5.74) is 0. The molecule has 2 heteroatoms. The van der Waals surface area contributed by atoms with E-state index < -0.39 is 0 Å². The zero-order valence-electron chi connectivity index (χ0n) is 7.53. The first kappa shape index (κ1) is 8.27. The van der Waals surface area contributed by atoms with E-state index in [4.69, 9.17) is 5.11 Å². The first-order valence-corrected chi connectivity index (χ1v) is 4.84. The van der Waals surface area contributed by atoms with Crippen LogP contribution >= 0.6 is 0 Å². The van der Waals surface area contributed by atoms with Gasteiger partial charge in [-0.3, -0.25) is 0 Å². The molecule has 0 radical (unpaired) electrons. The van der Waals surface area contributed by atoms with Crippen LogP contribution in [0.2, 0.25) is 0 Å². The van der Waals surface area contributed by atoms with E-state index in [1.807, 2.05) is 0 Å². The van der Waals surface area contributed by atoms with Crippen LogP contribution in [0.25, 0.3) is 0 Å². The average molecular weight is 167 g/mol. The van der Waals surface area contributed by atoms with Crippen LogP contribution in [0, 0.1) is 17.8 Å². The van der Waals surface area contributed by atoms with Crippen molar-refractivity contribution in [2.45, 2.75) is 19.4 Å². The minimum Gasteiger partial charge on any atom is -0.395 e. The molecule has 1 unspecified atom stereocenters. The summed E-state index contributed by atoms with van der Waals surface area (Å²) in [6, 6.07) is 0.343. The van der Waals surface area contributed by atoms with E-state index in [0.717, 1.165) is 12.5 Å². The van der Waals surface area contributed by atoms with Gasteiger partial charge in [0, 0.05) is 6.04 Å². The Labute approximate surface area is 73.7 Å². The molecule has 2 rings (SSSR count). The molecule has 0 bridgehead atoms. The largest absolute Gasteiger partial charge is 0.395 e. The van der Waals surface area contributed by atoms with E-state index in [9.17, 15) is 0 Å². The first-order chi connectivity index (χ1) is 5.83. The van der Waals surface area contributed by atoms with Crippen molar-refractivity contribution in [3.8, 4) is 0 Å². The summed E-state index contributed by atoms with van der Waals surface area (Å²) >= 11 is 0. The van der Waals surface area contributed by atoms with Crippen LogP contribution in [0.5, 0.6) is 0 Å². The molecule has 1 saturated heterocycles. The fourth-order valence-corrected chi connectivity index (χ4v) is 2.72. The summed E-state index contributed by atoms with van der Waals surface area (Å²) in [7, 11) is 0. The average Bonchev–Trinajstić information content (AvgIpc) is 2.49. The topological polar surface area (TPSA) is 32.3 Å². The number of hydrogen-bond donors (Lipinski definition) is 2. The highest BCUT2D eigenvalue weighted by Crippen LogP contribution is 2.35. The van der Waals surface area contributed by atoms with Crippen molar-refractivity contribution in [1.29, 1.82) is 0 Å². The molecule has 1 heterocycles. The van der Waals surface area contributed by atoms with Crippen molar-refractivity contribution in [1.82, 2.24) is 5.32 Å².